The van der Waals surface area contributed by atoms with Gasteiger partial charge in [0.15, 0.2) is 0 Å². The molecule has 0 N–H and O–H groups in total. The number of carbonyl (C=O) groups is 1. The fourth-order valence-electron chi connectivity index (χ4n) is 3.27. The van der Waals surface area contributed by atoms with E-state index in [2.05, 4.69) is 5.10 Å². The van der Waals surface area contributed by atoms with E-state index in [4.69, 9.17) is 16.3 Å². The van der Waals surface area contributed by atoms with Gasteiger partial charge in [-0.2, -0.15) is 5.10 Å². The maximum absolute atomic E-state index is 12.9. The summed E-state index contributed by atoms with van der Waals surface area (Å²) in [6.45, 7) is 1.37. The maximum Gasteiger partial charge on any atom is 0.253 e. The highest BCUT2D eigenvalue weighted by Crippen LogP contribution is 2.22. The number of piperidine rings is 1. The number of halogens is 1. The monoisotopic (exact) mass is 381 g/mol. The second-order valence-corrected chi connectivity index (χ2v) is 7.00. The van der Waals surface area contributed by atoms with E-state index in [0.717, 1.165) is 24.3 Å². The SMILES string of the molecule is O=C(c1cccc(-n2cccn2)c1)N1CCC(Oc2ccc(Cl)cc2)CC1. The Morgan fingerprint density at radius 1 is 1.07 bits per heavy atom. The van der Waals surface area contributed by atoms with Crippen LogP contribution < -0.4 is 4.74 Å². The molecule has 1 fully saturated rings. The van der Waals surface area contributed by atoms with E-state index < -0.39 is 0 Å². The third-order valence-electron chi connectivity index (χ3n) is 4.71. The first-order chi connectivity index (χ1) is 13.2. The van der Waals surface area contributed by atoms with E-state index >= 15 is 0 Å². The van der Waals surface area contributed by atoms with Crippen molar-refractivity contribution in [3.63, 3.8) is 0 Å². The van der Waals surface area contributed by atoms with Crippen molar-refractivity contribution in [2.24, 2.45) is 0 Å². The van der Waals surface area contributed by atoms with Gasteiger partial charge in [-0.15, -0.1) is 0 Å². The van der Waals surface area contributed by atoms with E-state index in [1.807, 2.05) is 65.7 Å². The zero-order chi connectivity index (χ0) is 18.6. The minimum absolute atomic E-state index is 0.0500. The predicted molar refractivity (Wildman–Crippen MR) is 105 cm³/mol. The molecule has 0 radical (unpaired) electrons. The summed E-state index contributed by atoms with van der Waals surface area (Å²) in [7, 11) is 0. The van der Waals surface area contributed by atoms with E-state index in [1.165, 1.54) is 0 Å². The Bertz CT molecular complexity index is 901. The van der Waals surface area contributed by atoms with Crippen molar-refractivity contribution < 1.29 is 9.53 Å². The molecule has 2 aromatic carbocycles. The van der Waals surface area contributed by atoms with Crippen LogP contribution in [0.25, 0.3) is 5.69 Å². The fourth-order valence-corrected chi connectivity index (χ4v) is 3.39. The normalized spacial score (nSPS) is 14.9. The van der Waals surface area contributed by atoms with E-state index in [1.54, 1.807) is 10.9 Å². The highest BCUT2D eigenvalue weighted by Gasteiger charge is 2.25. The van der Waals surface area contributed by atoms with Crippen molar-refractivity contribution in [3.8, 4) is 11.4 Å². The number of hydrogen-bond donors (Lipinski definition) is 0. The molecule has 0 spiro atoms. The molecular formula is C21H20ClN3O2. The van der Waals surface area contributed by atoms with Gasteiger partial charge in [0, 0.05) is 48.9 Å². The van der Waals surface area contributed by atoms with Gasteiger partial charge >= 0.3 is 0 Å². The van der Waals surface area contributed by atoms with E-state index in [9.17, 15) is 4.79 Å². The minimum atomic E-state index is 0.0500. The Kier molecular flexibility index (Phi) is 5.12. The molecule has 1 aromatic heterocycles. The molecule has 2 heterocycles. The van der Waals surface area contributed by atoms with E-state index in [-0.39, 0.29) is 12.0 Å². The summed E-state index contributed by atoms with van der Waals surface area (Å²) in [5, 5.41) is 4.92. The van der Waals surface area contributed by atoms with Gasteiger partial charge in [0.05, 0.1) is 5.69 Å². The molecule has 27 heavy (non-hydrogen) atoms. The van der Waals surface area contributed by atoms with Crippen LogP contribution in [0.3, 0.4) is 0 Å². The van der Waals surface area contributed by atoms with Gasteiger partial charge in [-0.1, -0.05) is 17.7 Å². The molecule has 138 valence electrons. The molecule has 1 saturated heterocycles. The molecule has 4 rings (SSSR count). The summed E-state index contributed by atoms with van der Waals surface area (Å²) >= 11 is 5.91. The molecule has 0 unspecified atom stereocenters. The fraction of sp³-hybridized carbons (Fsp3) is 0.238. The molecule has 6 heteroatoms. The lowest BCUT2D eigenvalue weighted by Gasteiger charge is -2.32. The number of hydrogen-bond acceptors (Lipinski definition) is 3. The largest absolute Gasteiger partial charge is 0.490 e. The van der Waals surface area contributed by atoms with Gasteiger partial charge in [-0.05, 0) is 48.5 Å². The first-order valence-electron chi connectivity index (χ1n) is 9.00. The maximum atomic E-state index is 12.9. The first-order valence-corrected chi connectivity index (χ1v) is 9.38. The van der Waals surface area contributed by atoms with Crippen LogP contribution in [0.1, 0.15) is 23.2 Å². The Morgan fingerprint density at radius 3 is 2.56 bits per heavy atom. The molecule has 0 bridgehead atoms. The van der Waals surface area contributed by atoms with Gasteiger partial charge in [-0.25, -0.2) is 4.68 Å². The van der Waals surface area contributed by atoms with Crippen LogP contribution >= 0.6 is 11.6 Å². The van der Waals surface area contributed by atoms with Crippen LogP contribution in [-0.4, -0.2) is 39.8 Å². The summed E-state index contributed by atoms with van der Waals surface area (Å²) in [5.74, 6) is 0.866. The minimum Gasteiger partial charge on any atom is -0.490 e. The predicted octanol–water partition coefficient (Wildman–Crippen LogP) is 4.21. The number of benzene rings is 2. The average molecular weight is 382 g/mol. The number of aromatic nitrogens is 2. The molecule has 1 amide bonds. The highest BCUT2D eigenvalue weighted by molar-refractivity contribution is 6.30. The summed E-state index contributed by atoms with van der Waals surface area (Å²) in [5.41, 5.74) is 1.56. The standard InChI is InChI=1S/C21H20ClN3O2/c22-17-5-7-19(8-6-17)27-20-9-13-24(14-10-20)21(26)16-3-1-4-18(15-16)25-12-2-11-23-25/h1-8,11-12,15,20H,9-10,13-14H2. The molecule has 0 aliphatic carbocycles. The Labute approximate surface area is 163 Å². The Morgan fingerprint density at radius 2 is 1.85 bits per heavy atom. The van der Waals surface area contributed by atoms with Gasteiger partial charge in [0.2, 0.25) is 0 Å². The molecule has 0 atom stereocenters. The van der Waals surface area contributed by atoms with Gasteiger partial charge in [0.25, 0.3) is 5.91 Å². The Hall–Kier alpha value is -2.79. The third kappa shape index (κ3) is 4.14. The second-order valence-electron chi connectivity index (χ2n) is 6.56. The van der Waals surface area contributed by atoms with Crippen LogP contribution in [0.2, 0.25) is 5.02 Å². The average Bonchev–Trinajstić information content (AvgIpc) is 3.25. The number of amides is 1. The molecule has 1 aliphatic rings. The van der Waals surface area contributed by atoms with Crippen molar-refractivity contribution in [3.05, 3.63) is 77.6 Å². The van der Waals surface area contributed by atoms with Crippen LogP contribution in [0.5, 0.6) is 5.75 Å². The van der Waals surface area contributed by atoms with Crippen LogP contribution in [0, 0.1) is 0 Å². The number of nitrogens with zero attached hydrogens (tertiary/aromatic N) is 3. The summed E-state index contributed by atoms with van der Waals surface area (Å²) in [6.07, 6.45) is 5.33. The van der Waals surface area contributed by atoms with Crippen molar-refractivity contribution in [2.75, 3.05) is 13.1 Å². The summed E-state index contributed by atoms with van der Waals surface area (Å²) in [4.78, 5) is 14.8. The van der Waals surface area contributed by atoms with Gasteiger partial charge < -0.3 is 9.64 Å². The number of likely N-dealkylation sites (tertiary alicyclic amines) is 1. The quantitative estimate of drug-likeness (QED) is 0.680. The summed E-state index contributed by atoms with van der Waals surface area (Å²) in [6, 6.07) is 16.8. The Balaban J connectivity index is 1.37. The van der Waals surface area contributed by atoms with Gasteiger partial charge in [0.1, 0.15) is 11.9 Å². The molecular weight excluding hydrogens is 362 g/mol. The smallest absolute Gasteiger partial charge is 0.253 e. The zero-order valence-corrected chi connectivity index (χ0v) is 15.5. The van der Waals surface area contributed by atoms with Gasteiger partial charge in [-0.3, -0.25) is 4.79 Å². The third-order valence-corrected chi connectivity index (χ3v) is 4.96. The van der Waals surface area contributed by atoms with Crippen molar-refractivity contribution in [2.45, 2.75) is 18.9 Å². The van der Waals surface area contributed by atoms with Crippen LogP contribution in [-0.2, 0) is 0 Å². The second kappa shape index (κ2) is 7.84. The zero-order valence-electron chi connectivity index (χ0n) is 14.8. The van der Waals surface area contributed by atoms with Crippen molar-refractivity contribution in [1.29, 1.82) is 0 Å². The first kappa shape index (κ1) is 17.6. The molecule has 3 aromatic rings. The number of ether oxygens (including phenoxy) is 1. The van der Waals surface area contributed by atoms with Crippen LogP contribution in [0.15, 0.2) is 67.0 Å². The van der Waals surface area contributed by atoms with Crippen molar-refractivity contribution >= 4 is 17.5 Å². The van der Waals surface area contributed by atoms with E-state index in [0.29, 0.717) is 23.7 Å². The van der Waals surface area contributed by atoms with Crippen LogP contribution in [0.4, 0.5) is 0 Å². The molecule has 1 aliphatic heterocycles. The highest BCUT2D eigenvalue weighted by atomic mass is 35.5. The molecule has 5 nitrogen and oxygen atoms in total. The topological polar surface area (TPSA) is 47.4 Å². The summed E-state index contributed by atoms with van der Waals surface area (Å²) < 4.78 is 7.76. The lowest BCUT2D eigenvalue weighted by Crippen LogP contribution is -2.41. The lowest BCUT2D eigenvalue weighted by molar-refractivity contribution is 0.0595. The number of carbonyl (C=O) groups excluding carboxylic acids is 1. The van der Waals surface area contributed by atoms with Crippen molar-refractivity contribution in [1.82, 2.24) is 14.7 Å². The lowest BCUT2D eigenvalue weighted by atomic mass is 10.1. The molecule has 0 saturated carbocycles. The number of rotatable bonds is 4.